The number of hydrogen-bond acceptors (Lipinski definition) is 6. The summed E-state index contributed by atoms with van der Waals surface area (Å²) in [5.41, 5.74) is 0.918. The molecule has 140 valence electrons. The van der Waals surface area contributed by atoms with Crippen LogP contribution in [0, 0.1) is 11.8 Å². The van der Waals surface area contributed by atoms with E-state index in [-0.39, 0.29) is 5.91 Å². The summed E-state index contributed by atoms with van der Waals surface area (Å²) in [5, 5.41) is 11.2. The van der Waals surface area contributed by atoms with Crippen molar-refractivity contribution < 1.29 is 9.53 Å². The molecule has 2 aliphatic heterocycles. The van der Waals surface area contributed by atoms with Crippen molar-refractivity contribution in [1.82, 2.24) is 10.2 Å². The maximum absolute atomic E-state index is 11.1. The Hall–Kier alpha value is -1.86. The Kier molecular flexibility index (Phi) is 6.68. The monoisotopic (exact) mass is 374 g/mol. The van der Waals surface area contributed by atoms with Gasteiger partial charge in [0, 0.05) is 19.6 Å². The Morgan fingerprint density at radius 3 is 2.88 bits per heavy atom. The van der Waals surface area contributed by atoms with Gasteiger partial charge in [-0.1, -0.05) is 37.7 Å². The summed E-state index contributed by atoms with van der Waals surface area (Å²) in [6.07, 6.45) is 2.99. The molecular formula is C19H26N4O2S. The van der Waals surface area contributed by atoms with Crippen molar-refractivity contribution in [3.8, 4) is 5.75 Å². The largest absolute Gasteiger partial charge is 0.492 e. The van der Waals surface area contributed by atoms with Crippen molar-refractivity contribution >= 4 is 29.1 Å². The lowest BCUT2D eigenvalue weighted by atomic mass is 9.92. The van der Waals surface area contributed by atoms with E-state index in [1.54, 1.807) is 6.21 Å². The predicted octanol–water partition coefficient (Wildman–Crippen LogP) is 2.60. The summed E-state index contributed by atoms with van der Waals surface area (Å²) in [6, 6.07) is 7.80. The average molecular weight is 375 g/mol. The maximum Gasteiger partial charge on any atom is 0.236 e. The average Bonchev–Trinajstić information content (AvgIpc) is 3.00. The topological polar surface area (TPSA) is 66.3 Å². The Labute approximate surface area is 159 Å². The molecule has 0 aliphatic carbocycles. The molecule has 3 rings (SSSR count). The van der Waals surface area contributed by atoms with Gasteiger partial charge in [-0.15, -0.1) is 5.10 Å². The number of amidine groups is 1. The number of ether oxygens (including phenoxy) is 1. The third kappa shape index (κ3) is 5.85. The van der Waals surface area contributed by atoms with Gasteiger partial charge in [-0.2, -0.15) is 5.10 Å². The number of rotatable bonds is 6. The van der Waals surface area contributed by atoms with Gasteiger partial charge in [0.1, 0.15) is 12.4 Å². The van der Waals surface area contributed by atoms with E-state index in [4.69, 9.17) is 4.74 Å². The molecule has 26 heavy (non-hydrogen) atoms. The first-order chi connectivity index (χ1) is 12.6. The highest BCUT2D eigenvalue weighted by Gasteiger charge is 2.21. The second-order valence-corrected chi connectivity index (χ2v) is 8.08. The van der Waals surface area contributed by atoms with Crippen LogP contribution in [-0.2, 0) is 4.79 Å². The number of nitrogens with zero attached hydrogens (tertiary/aromatic N) is 3. The smallest absolute Gasteiger partial charge is 0.236 e. The highest BCUT2D eigenvalue weighted by Crippen LogP contribution is 2.20. The molecule has 6 nitrogen and oxygen atoms in total. The molecule has 1 aromatic carbocycles. The molecule has 0 bridgehead atoms. The van der Waals surface area contributed by atoms with Crippen LogP contribution in [0.15, 0.2) is 34.5 Å². The van der Waals surface area contributed by atoms with E-state index in [0.29, 0.717) is 17.5 Å². The van der Waals surface area contributed by atoms with E-state index in [1.807, 2.05) is 24.3 Å². The molecule has 1 N–H and O–H groups in total. The first-order valence-corrected chi connectivity index (χ1v) is 10.1. The minimum Gasteiger partial charge on any atom is -0.492 e. The van der Waals surface area contributed by atoms with Crippen LogP contribution in [0.2, 0.25) is 0 Å². The minimum atomic E-state index is -0.0307. The molecule has 2 aliphatic rings. The number of piperidine rings is 1. The third-order valence-electron chi connectivity index (χ3n) is 4.42. The summed E-state index contributed by atoms with van der Waals surface area (Å²) in [7, 11) is 0. The van der Waals surface area contributed by atoms with E-state index in [0.717, 1.165) is 42.8 Å². The van der Waals surface area contributed by atoms with E-state index in [9.17, 15) is 4.79 Å². The Morgan fingerprint density at radius 1 is 1.35 bits per heavy atom. The Balaban J connectivity index is 1.47. The van der Waals surface area contributed by atoms with Gasteiger partial charge >= 0.3 is 0 Å². The second kappa shape index (κ2) is 9.19. The van der Waals surface area contributed by atoms with Crippen LogP contribution in [-0.4, -0.2) is 54.2 Å². The van der Waals surface area contributed by atoms with Crippen LogP contribution in [0.1, 0.15) is 25.8 Å². The quantitative estimate of drug-likeness (QED) is 0.614. The zero-order chi connectivity index (χ0) is 18.4. The van der Waals surface area contributed by atoms with E-state index in [2.05, 4.69) is 34.3 Å². The van der Waals surface area contributed by atoms with E-state index in [1.165, 1.54) is 18.2 Å². The van der Waals surface area contributed by atoms with Crippen LogP contribution >= 0.6 is 11.8 Å². The number of amides is 1. The van der Waals surface area contributed by atoms with Gasteiger partial charge in [-0.3, -0.25) is 9.69 Å². The molecule has 0 saturated carbocycles. The molecular weight excluding hydrogens is 348 g/mol. The van der Waals surface area contributed by atoms with Gasteiger partial charge in [0.15, 0.2) is 5.17 Å². The van der Waals surface area contributed by atoms with Crippen molar-refractivity contribution in [2.24, 2.45) is 22.0 Å². The van der Waals surface area contributed by atoms with Crippen LogP contribution in [0.5, 0.6) is 5.75 Å². The van der Waals surface area contributed by atoms with Gasteiger partial charge in [0.2, 0.25) is 5.91 Å². The molecule has 7 heteroatoms. The van der Waals surface area contributed by atoms with Crippen LogP contribution in [0.4, 0.5) is 0 Å². The first kappa shape index (κ1) is 18.9. The molecule has 0 spiro atoms. The van der Waals surface area contributed by atoms with Crippen molar-refractivity contribution in [2.45, 2.75) is 20.3 Å². The van der Waals surface area contributed by atoms with Gasteiger partial charge in [-0.05, 0) is 36.0 Å². The highest BCUT2D eigenvalue weighted by atomic mass is 32.2. The van der Waals surface area contributed by atoms with Crippen LogP contribution in [0.3, 0.4) is 0 Å². The molecule has 1 aromatic rings. The van der Waals surface area contributed by atoms with Crippen molar-refractivity contribution in [2.75, 3.05) is 32.0 Å². The summed E-state index contributed by atoms with van der Waals surface area (Å²) in [5.74, 6) is 2.75. The summed E-state index contributed by atoms with van der Waals surface area (Å²) < 4.78 is 5.91. The standard InChI is InChI=1S/C19H26N4O2S/c1-14-8-15(2)12-23(11-14)6-7-25-17-5-3-4-16(9-17)10-20-22-19-21-18(24)13-26-19/h3-5,9-10,14-15H,6-8,11-13H2,1-2H3,(H,21,22,24). The summed E-state index contributed by atoms with van der Waals surface area (Å²) in [6.45, 7) is 8.61. The number of thioether (sulfide) groups is 1. The molecule has 2 unspecified atom stereocenters. The molecule has 0 aromatic heterocycles. The fourth-order valence-corrected chi connectivity index (χ4v) is 4.11. The number of benzene rings is 1. The van der Waals surface area contributed by atoms with Gasteiger partial charge < -0.3 is 10.1 Å². The third-order valence-corrected chi connectivity index (χ3v) is 5.28. The Bertz CT molecular complexity index is 682. The zero-order valence-corrected chi connectivity index (χ0v) is 16.2. The fraction of sp³-hybridized carbons (Fsp3) is 0.526. The molecule has 2 atom stereocenters. The van der Waals surface area contributed by atoms with E-state index >= 15 is 0 Å². The Morgan fingerprint density at radius 2 is 2.15 bits per heavy atom. The number of nitrogens with one attached hydrogen (secondary N) is 1. The first-order valence-electron chi connectivity index (χ1n) is 9.07. The van der Waals surface area contributed by atoms with Gasteiger partial charge in [0.05, 0.1) is 12.0 Å². The van der Waals surface area contributed by atoms with E-state index < -0.39 is 0 Å². The maximum atomic E-state index is 11.1. The number of hydrogen-bond donors (Lipinski definition) is 1. The molecule has 2 heterocycles. The predicted molar refractivity (Wildman–Crippen MR) is 107 cm³/mol. The van der Waals surface area contributed by atoms with Crippen molar-refractivity contribution in [1.29, 1.82) is 0 Å². The molecule has 0 radical (unpaired) electrons. The minimum absolute atomic E-state index is 0.0307. The lowest BCUT2D eigenvalue weighted by molar-refractivity contribution is -0.116. The highest BCUT2D eigenvalue weighted by molar-refractivity contribution is 8.15. The fourth-order valence-electron chi connectivity index (χ4n) is 3.48. The summed E-state index contributed by atoms with van der Waals surface area (Å²) >= 11 is 1.36. The molecule has 2 fully saturated rings. The van der Waals surface area contributed by atoms with Crippen LogP contribution in [0.25, 0.3) is 0 Å². The SMILES string of the molecule is CC1CC(C)CN(CCOc2cccc(C=NN=C3NC(=O)CS3)c2)C1. The van der Waals surface area contributed by atoms with Gasteiger partial charge in [0.25, 0.3) is 0 Å². The van der Waals surface area contributed by atoms with Crippen LogP contribution < -0.4 is 10.1 Å². The molecule has 1 amide bonds. The number of likely N-dealkylation sites (tertiary alicyclic amines) is 1. The lowest BCUT2D eigenvalue weighted by Gasteiger charge is -2.34. The number of carbonyl (C=O) groups excluding carboxylic acids is 1. The van der Waals surface area contributed by atoms with Crippen molar-refractivity contribution in [3.05, 3.63) is 29.8 Å². The zero-order valence-electron chi connectivity index (χ0n) is 15.4. The molecule has 2 saturated heterocycles. The van der Waals surface area contributed by atoms with Crippen molar-refractivity contribution in [3.63, 3.8) is 0 Å². The second-order valence-electron chi connectivity index (χ2n) is 7.11. The number of carbonyl (C=O) groups is 1. The lowest BCUT2D eigenvalue weighted by Crippen LogP contribution is -2.40. The van der Waals surface area contributed by atoms with Gasteiger partial charge in [-0.25, -0.2) is 0 Å². The summed E-state index contributed by atoms with van der Waals surface area (Å²) in [4.78, 5) is 13.6. The normalized spacial score (nSPS) is 25.8.